The van der Waals surface area contributed by atoms with E-state index in [9.17, 15) is 0 Å². The summed E-state index contributed by atoms with van der Waals surface area (Å²) in [7, 11) is 0. The van der Waals surface area contributed by atoms with Crippen molar-refractivity contribution < 1.29 is 0 Å². The van der Waals surface area contributed by atoms with E-state index in [0.29, 0.717) is 11.4 Å². The van der Waals surface area contributed by atoms with Crippen LogP contribution in [0.5, 0.6) is 0 Å². The molecule has 0 bridgehead atoms. The highest BCUT2D eigenvalue weighted by atomic mass is 35.5. The Hall–Kier alpha value is -0.0800. The maximum absolute atomic E-state index is 5.74. The van der Waals surface area contributed by atoms with Crippen molar-refractivity contribution in [2.75, 3.05) is 5.75 Å². The predicted octanol–water partition coefficient (Wildman–Crippen LogP) is 2.29. The molecule has 0 aromatic carbocycles. The Balaban J connectivity index is 3.48. The van der Waals surface area contributed by atoms with E-state index >= 15 is 0 Å². The SMILES string of the molecule is C=C(N)CC/C(Cl)=C\CS. The summed E-state index contributed by atoms with van der Waals surface area (Å²) in [6.45, 7) is 3.56. The lowest BCUT2D eigenvalue weighted by Crippen LogP contribution is -1.93. The zero-order valence-corrected chi connectivity index (χ0v) is 7.46. The van der Waals surface area contributed by atoms with Gasteiger partial charge < -0.3 is 5.73 Å². The second-order valence-electron chi connectivity index (χ2n) is 1.99. The fourth-order valence-corrected chi connectivity index (χ4v) is 0.981. The molecule has 0 rings (SSSR count). The summed E-state index contributed by atoms with van der Waals surface area (Å²) in [5.74, 6) is 0.676. The monoisotopic (exact) mass is 177 g/mol. The van der Waals surface area contributed by atoms with Gasteiger partial charge >= 0.3 is 0 Å². The first kappa shape index (κ1) is 9.92. The summed E-state index contributed by atoms with van der Waals surface area (Å²) in [6.07, 6.45) is 3.38. The van der Waals surface area contributed by atoms with Gasteiger partial charge in [-0.1, -0.05) is 24.3 Å². The number of hydrogen-bond acceptors (Lipinski definition) is 2. The number of hydrogen-bond donors (Lipinski definition) is 2. The fourth-order valence-electron chi connectivity index (χ4n) is 0.481. The Morgan fingerprint density at radius 3 is 2.60 bits per heavy atom. The van der Waals surface area contributed by atoms with Gasteiger partial charge in [-0.2, -0.15) is 12.6 Å². The Morgan fingerprint density at radius 2 is 2.20 bits per heavy atom. The highest BCUT2D eigenvalue weighted by Crippen LogP contribution is 2.11. The van der Waals surface area contributed by atoms with Crippen LogP contribution in [0.2, 0.25) is 0 Å². The summed E-state index contributed by atoms with van der Waals surface area (Å²) < 4.78 is 0. The van der Waals surface area contributed by atoms with Crippen molar-refractivity contribution >= 4 is 24.2 Å². The van der Waals surface area contributed by atoms with Crippen molar-refractivity contribution in [1.29, 1.82) is 0 Å². The van der Waals surface area contributed by atoms with Crippen LogP contribution in [0.4, 0.5) is 0 Å². The summed E-state index contributed by atoms with van der Waals surface area (Å²) in [6, 6.07) is 0. The Labute approximate surface area is 72.3 Å². The molecule has 0 saturated carbocycles. The molecule has 0 fully saturated rings. The molecule has 10 heavy (non-hydrogen) atoms. The number of allylic oxidation sites excluding steroid dienone is 2. The van der Waals surface area contributed by atoms with Gasteiger partial charge in [0.2, 0.25) is 0 Å². The molecule has 2 N–H and O–H groups in total. The highest BCUT2D eigenvalue weighted by Gasteiger charge is 1.91. The standard InChI is InChI=1S/C7H12ClNS/c1-6(9)2-3-7(8)4-5-10/h4,10H,1-3,5,9H2/b7-4+. The number of nitrogens with two attached hydrogens (primary N) is 1. The van der Waals surface area contributed by atoms with Gasteiger partial charge in [0.1, 0.15) is 0 Å². The third-order valence-electron chi connectivity index (χ3n) is 0.998. The minimum atomic E-state index is 0.672. The molecule has 0 aromatic rings. The van der Waals surface area contributed by atoms with E-state index in [4.69, 9.17) is 17.3 Å². The van der Waals surface area contributed by atoms with Gasteiger partial charge in [0.15, 0.2) is 0 Å². The minimum absolute atomic E-state index is 0.672. The topological polar surface area (TPSA) is 26.0 Å². The Morgan fingerprint density at radius 1 is 1.60 bits per heavy atom. The van der Waals surface area contributed by atoms with Gasteiger partial charge in [-0.05, 0) is 12.8 Å². The molecule has 0 aromatic heterocycles. The van der Waals surface area contributed by atoms with Crippen LogP contribution in [0.25, 0.3) is 0 Å². The first-order chi connectivity index (χ1) is 4.66. The zero-order valence-electron chi connectivity index (χ0n) is 5.81. The van der Waals surface area contributed by atoms with Gasteiger partial charge in [-0.15, -0.1) is 0 Å². The molecule has 58 valence electrons. The molecule has 0 spiro atoms. The van der Waals surface area contributed by atoms with Crippen LogP contribution in [0.3, 0.4) is 0 Å². The van der Waals surface area contributed by atoms with Crippen LogP contribution in [-0.4, -0.2) is 5.75 Å². The van der Waals surface area contributed by atoms with E-state index in [1.54, 1.807) is 0 Å². The van der Waals surface area contributed by atoms with Crippen molar-refractivity contribution in [3.63, 3.8) is 0 Å². The van der Waals surface area contributed by atoms with Gasteiger partial charge in [0, 0.05) is 16.5 Å². The van der Waals surface area contributed by atoms with Gasteiger partial charge in [0.25, 0.3) is 0 Å². The Kier molecular flexibility index (Phi) is 5.64. The number of halogens is 1. The summed E-state index contributed by atoms with van der Waals surface area (Å²) in [4.78, 5) is 0. The number of rotatable bonds is 4. The number of thiol groups is 1. The quantitative estimate of drug-likeness (QED) is 0.634. The lowest BCUT2D eigenvalue weighted by atomic mass is 10.2. The smallest absolute Gasteiger partial charge is 0.0153 e. The molecule has 0 atom stereocenters. The van der Waals surface area contributed by atoms with Crippen molar-refractivity contribution in [2.24, 2.45) is 5.73 Å². The normalized spacial score (nSPS) is 11.6. The van der Waals surface area contributed by atoms with Crippen LogP contribution in [0.1, 0.15) is 12.8 Å². The molecule has 0 heterocycles. The van der Waals surface area contributed by atoms with Crippen molar-refractivity contribution in [3.8, 4) is 0 Å². The first-order valence-corrected chi connectivity index (χ1v) is 4.06. The Bertz CT molecular complexity index is 143. The second-order valence-corrected chi connectivity index (χ2v) is 2.84. The van der Waals surface area contributed by atoms with Crippen molar-refractivity contribution in [3.05, 3.63) is 23.4 Å². The molecule has 3 heteroatoms. The maximum Gasteiger partial charge on any atom is 0.0153 e. The van der Waals surface area contributed by atoms with Crippen molar-refractivity contribution in [2.45, 2.75) is 12.8 Å². The van der Waals surface area contributed by atoms with E-state index in [-0.39, 0.29) is 0 Å². The molecule has 0 saturated heterocycles. The largest absolute Gasteiger partial charge is 0.403 e. The minimum Gasteiger partial charge on any atom is -0.403 e. The maximum atomic E-state index is 5.74. The summed E-state index contributed by atoms with van der Waals surface area (Å²) in [5.41, 5.74) is 6.01. The van der Waals surface area contributed by atoms with E-state index < -0.39 is 0 Å². The second kappa shape index (κ2) is 5.69. The zero-order chi connectivity index (χ0) is 7.98. The van der Waals surface area contributed by atoms with Crippen LogP contribution in [0, 0.1) is 0 Å². The molecule has 0 radical (unpaired) electrons. The molecule has 0 aliphatic rings. The van der Waals surface area contributed by atoms with Crippen LogP contribution >= 0.6 is 24.2 Å². The predicted molar refractivity (Wildman–Crippen MR) is 50.4 cm³/mol. The lowest BCUT2D eigenvalue weighted by molar-refractivity contribution is 0.952. The third-order valence-corrected chi connectivity index (χ3v) is 1.52. The lowest BCUT2D eigenvalue weighted by Gasteiger charge is -1.96. The van der Waals surface area contributed by atoms with Gasteiger partial charge in [0.05, 0.1) is 0 Å². The van der Waals surface area contributed by atoms with Crippen molar-refractivity contribution in [1.82, 2.24) is 0 Å². The fraction of sp³-hybridized carbons (Fsp3) is 0.429. The summed E-state index contributed by atoms with van der Waals surface area (Å²) in [5, 5.41) is 0.807. The molecule has 0 aliphatic heterocycles. The average molecular weight is 178 g/mol. The van der Waals surface area contributed by atoms with Gasteiger partial charge in [-0.3, -0.25) is 0 Å². The van der Waals surface area contributed by atoms with Gasteiger partial charge in [-0.25, -0.2) is 0 Å². The van der Waals surface area contributed by atoms with Crippen LogP contribution in [0.15, 0.2) is 23.4 Å². The van der Waals surface area contributed by atoms with E-state index in [2.05, 4.69) is 19.2 Å². The summed E-state index contributed by atoms with van der Waals surface area (Å²) >= 11 is 9.73. The third kappa shape index (κ3) is 6.05. The van der Waals surface area contributed by atoms with Crippen LogP contribution in [-0.2, 0) is 0 Å². The average Bonchev–Trinajstić information content (AvgIpc) is 1.85. The molecule has 1 nitrogen and oxygen atoms in total. The molecular formula is C7H12ClNS. The van der Waals surface area contributed by atoms with E-state index in [1.807, 2.05) is 6.08 Å². The van der Waals surface area contributed by atoms with E-state index in [0.717, 1.165) is 17.9 Å². The molecule has 0 aliphatic carbocycles. The molecule has 0 unspecified atom stereocenters. The van der Waals surface area contributed by atoms with Crippen LogP contribution < -0.4 is 5.73 Å². The molecule has 0 amide bonds. The highest BCUT2D eigenvalue weighted by molar-refractivity contribution is 7.80. The van der Waals surface area contributed by atoms with E-state index in [1.165, 1.54) is 0 Å². The first-order valence-electron chi connectivity index (χ1n) is 3.05. The molecular weight excluding hydrogens is 166 g/mol.